The summed E-state index contributed by atoms with van der Waals surface area (Å²) in [5.41, 5.74) is 2.84. The van der Waals surface area contributed by atoms with Crippen molar-refractivity contribution < 1.29 is 24.1 Å². The average molecular weight is 616 g/mol. The van der Waals surface area contributed by atoms with E-state index >= 15 is 0 Å². The summed E-state index contributed by atoms with van der Waals surface area (Å²) >= 11 is 0. The number of carbonyl (C=O) groups excluding carboxylic acids is 1. The number of rotatable bonds is 0. The summed E-state index contributed by atoms with van der Waals surface area (Å²) < 4.78 is 20.3. The highest BCUT2D eigenvalue weighted by Gasteiger charge is 2.85. The number of H-pyrrole nitrogens is 1. The van der Waals surface area contributed by atoms with E-state index in [0.29, 0.717) is 5.92 Å². The second kappa shape index (κ2) is 8.10. The van der Waals surface area contributed by atoms with Gasteiger partial charge in [0.25, 0.3) is 0 Å². The van der Waals surface area contributed by atoms with E-state index in [1.807, 2.05) is 0 Å². The molecular weight excluding hydrogens is 562 g/mol. The summed E-state index contributed by atoms with van der Waals surface area (Å²) in [5.74, 6) is 0.917. The summed E-state index contributed by atoms with van der Waals surface area (Å²) in [6.07, 6.45) is 5.43. The third-order valence-electron chi connectivity index (χ3n) is 15.3. The molecule has 1 aromatic heterocycles. The standard InChI is InChI=1S/C39H53NO5/c1-19-31(33(2,3)4)43-26-14-15-36(9)37(10)20(13-16-38(36,42)39(26)32(19)44-39)17-23-27-22-18-24-28(35(7,8)45-34(24,5)6)29(41)21(22)11-12-25(27)40-30(23)37/h11-12,19-20,24,26,28,31-32,40,42H,13-18H2,1-10H3/t19-,20+,24?,26?,28?,31+,32-,36-,37-,38+,39+/m1/s1. The van der Waals surface area contributed by atoms with Crippen LogP contribution in [0, 0.1) is 34.5 Å². The van der Waals surface area contributed by atoms with Gasteiger partial charge in [0, 0.05) is 44.8 Å². The van der Waals surface area contributed by atoms with E-state index in [-0.39, 0.29) is 63.7 Å². The Labute approximate surface area is 268 Å². The summed E-state index contributed by atoms with van der Waals surface area (Å²) in [7, 11) is 0. The molecule has 0 amide bonds. The molecule has 4 heterocycles. The first kappa shape index (κ1) is 29.4. The van der Waals surface area contributed by atoms with E-state index in [2.05, 4.69) is 86.4 Å². The molecule has 11 atom stereocenters. The van der Waals surface area contributed by atoms with Crippen molar-refractivity contribution in [3.63, 3.8) is 0 Å². The molecular formula is C39H53NO5. The molecule has 9 rings (SSSR count). The third-order valence-corrected chi connectivity index (χ3v) is 15.3. The van der Waals surface area contributed by atoms with Gasteiger partial charge >= 0.3 is 0 Å². The normalized spacial score (nSPS) is 48.5. The number of Topliss-reactive ketones (excluding diaryl/α,β-unsaturated/α-hetero) is 1. The highest BCUT2D eigenvalue weighted by atomic mass is 16.7. The lowest BCUT2D eigenvalue weighted by atomic mass is 9.40. The number of hydrogen-bond acceptors (Lipinski definition) is 5. The van der Waals surface area contributed by atoms with Crippen LogP contribution in [-0.2, 0) is 32.5 Å². The number of aromatic amines is 1. The fourth-order valence-electron chi connectivity index (χ4n) is 13.2. The Kier molecular flexibility index (Phi) is 5.30. The molecule has 1 spiro atoms. The van der Waals surface area contributed by atoms with Gasteiger partial charge in [-0.25, -0.2) is 0 Å². The van der Waals surface area contributed by atoms with Crippen LogP contribution in [0.15, 0.2) is 12.1 Å². The number of ether oxygens (including phenoxy) is 3. The molecule has 3 unspecified atom stereocenters. The average Bonchev–Trinajstić information content (AvgIpc) is 3.44. The van der Waals surface area contributed by atoms with E-state index < -0.39 is 16.8 Å². The number of ketones is 1. The fourth-order valence-corrected chi connectivity index (χ4v) is 13.2. The maximum atomic E-state index is 14.2. The molecule has 2 aromatic rings. The molecule has 6 nitrogen and oxygen atoms in total. The topological polar surface area (TPSA) is 84.1 Å². The molecule has 244 valence electrons. The lowest BCUT2D eigenvalue weighted by Gasteiger charge is -2.66. The first-order valence-electron chi connectivity index (χ1n) is 17.8. The maximum absolute atomic E-state index is 14.2. The quantitative estimate of drug-likeness (QED) is 0.310. The third kappa shape index (κ3) is 3.08. The number of hydrogen-bond donors (Lipinski definition) is 2. The molecule has 0 bridgehead atoms. The van der Waals surface area contributed by atoms with E-state index in [1.165, 1.54) is 22.2 Å². The maximum Gasteiger partial charge on any atom is 0.169 e. The largest absolute Gasteiger partial charge is 0.386 e. The van der Waals surface area contributed by atoms with E-state index in [4.69, 9.17) is 14.2 Å². The summed E-state index contributed by atoms with van der Waals surface area (Å²) in [4.78, 5) is 18.2. The number of aromatic nitrogens is 1. The van der Waals surface area contributed by atoms with Crippen molar-refractivity contribution in [3.8, 4) is 0 Å². The van der Waals surface area contributed by atoms with E-state index in [0.717, 1.165) is 49.6 Å². The zero-order chi connectivity index (χ0) is 32.1. The van der Waals surface area contributed by atoms with Gasteiger partial charge in [-0.1, -0.05) is 41.5 Å². The number of carbonyl (C=O) groups is 1. The van der Waals surface area contributed by atoms with Crippen molar-refractivity contribution in [2.75, 3.05) is 0 Å². The molecule has 6 heteroatoms. The predicted molar refractivity (Wildman–Crippen MR) is 174 cm³/mol. The molecule has 4 aliphatic carbocycles. The highest BCUT2D eigenvalue weighted by Crippen LogP contribution is 2.75. The molecule has 5 fully saturated rings. The van der Waals surface area contributed by atoms with Crippen molar-refractivity contribution in [1.29, 1.82) is 0 Å². The minimum absolute atomic E-state index is 0.0192. The number of epoxide rings is 1. The Hall–Kier alpha value is -1.73. The van der Waals surface area contributed by atoms with Crippen molar-refractivity contribution in [1.82, 2.24) is 4.98 Å². The van der Waals surface area contributed by atoms with Gasteiger partial charge in [-0.15, -0.1) is 0 Å². The number of nitrogens with one attached hydrogen (secondary N) is 1. The Bertz CT molecular complexity index is 1680. The molecule has 3 saturated heterocycles. The lowest BCUT2D eigenvalue weighted by Crippen LogP contribution is -2.75. The van der Waals surface area contributed by atoms with Crippen LogP contribution in [0.5, 0.6) is 0 Å². The molecule has 45 heavy (non-hydrogen) atoms. The lowest BCUT2D eigenvalue weighted by molar-refractivity contribution is -0.271. The van der Waals surface area contributed by atoms with Gasteiger partial charge < -0.3 is 24.3 Å². The van der Waals surface area contributed by atoms with Crippen LogP contribution in [0.1, 0.15) is 122 Å². The second-order valence-corrected chi connectivity index (χ2v) is 18.9. The van der Waals surface area contributed by atoms with Crippen molar-refractivity contribution >= 4 is 16.7 Å². The van der Waals surface area contributed by atoms with Gasteiger partial charge in [0.1, 0.15) is 5.60 Å². The van der Waals surface area contributed by atoms with Crippen molar-refractivity contribution in [2.45, 2.75) is 154 Å². The van der Waals surface area contributed by atoms with Crippen LogP contribution in [0.4, 0.5) is 0 Å². The smallest absolute Gasteiger partial charge is 0.169 e. The van der Waals surface area contributed by atoms with Crippen molar-refractivity contribution in [2.24, 2.45) is 34.5 Å². The molecule has 7 aliphatic rings. The Morgan fingerprint density at radius 3 is 2.40 bits per heavy atom. The van der Waals surface area contributed by atoms with Crippen LogP contribution in [0.25, 0.3) is 10.9 Å². The molecule has 1 aromatic carbocycles. The number of fused-ring (bicyclic) bond motifs is 10. The molecule has 0 radical (unpaired) electrons. The minimum atomic E-state index is -0.978. The minimum Gasteiger partial charge on any atom is -0.386 e. The first-order valence-corrected chi connectivity index (χ1v) is 17.8. The van der Waals surface area contributed by atoms with E-state index in [1.54, 1.807) is 0 Å². The Morgan fingerprint density at radius 1 is 0.956 bits per heavy atom. The SMILES string of the molecule is C[C@H]1[C@H]2O[C@@]23C(CC[C@@]2(C)[C@@]3(O)CC[C@H]3Cc4c([nH]c5ccc6c(c45)CC4C(C6=O)C(C)(C)OC4(C)C)[C@@]32C)O[C@@H]1C(C)(C)C. The van der Waals surface area contributed by atoms with Gasteiger partial charge in [0.15, 0.2) is 11.4 Å². The van der Waals surface area contributed by atoms with Crippen LogP contribution in [-0.4, -0.2) is 56.6 Å². The molecule has 3 aliphatic heterocycles. The van der Waals surface area contributed by atoms with Gasteiger partial charge in [-0.3, -0.25) is 4.79 Å². The summed E-state index contributed by atoms with van der Waals surface area (Å²) in [6.45, 7) is 22.4. The Morgan fingerprint density at radius 2 is 1.69 bits per heavy atom. The van der Waals surface area contributed by atoms with Crippen LogP contribution in [0.2, 0.25) is 0 Å². The number of benzene rings is 1. The van der Waals surface area contributed by atoms with E-state index in [9.17, 15) is 9.90 Å². The fraction of sp³-hybridized carbons (Fsp3) is 0.769. The van der Waals surface area contributed by atoms with Gasteiger partial charge in [-0.2, -0.15) is 0 Å². The monoisotopic (exact) mass is 615 g/mol. The van der Waals surface area contributed by atoms with Gasteiger partial charge in [0.05, 0.1) is 35.4 Å². The van der Waals surface area contributed by atoms with Crippen molar-refractivity contribution in [3.05, 3.63) is 34.5 Å². The molecule has 2 saturated carbocycles. The van der Waals surface area contributed by atoms with Crippen LogP contribution in [0.3, 0.4) is 0 Å². The zero-order valence-corrected chi connectivity index (χ0v) is 29.0. The summed E-state index contributed by atoms with van der Waals surface area (Å²) in [6, 6.07) is 4.22. The number of aliphatic hydroxyl groups is 1. The van der Waals surface area contributed by atoms with Crippen LogP contribution < -0.4 is 0 Å². The Balaban J connectivity index is 1.17. The zero-order valence-electron chi connectivity index (χ0n) is 29.0. The molecule has 2 N–H and O–H groups in total. The van der Waals surface area contributed by atoms with Crippen LogP contribution >= 0.6 is 0 Å². The van der Waals surface area contributed by atoms with Gasteiger partial charge in [-0.05, 0) is 101 Å². The highest BCUT2D eigenvalue weighted by molar-refractivity contribution is 6.06. The summed E-state index contributed by atoms with van der Waals surface area (Å²) in [5, 5.41) is 14.5. The second-order valence-electron chi connectivity index (χ2n) is 18.9. The first-order chi connectivity index (χ1) is 20.8. The van der Waals surface area contributed by atoms with Gasteiger partial charge in [0.2, 0.25) is 0 Å². The predicted octanol–water partition coefficient (Wildman–Crippen LogP) is 7.07.